The highest BCUT2D eigenvalue weighted by molar-refractivity contribution is 5.88. The molecule has 0 aromatic heterocycles. The van der Waals surface area contributed by atoms with Crippen molar-refractivity contribution in [2.75, 3.05) is 0 Å². The van der Waals surface area contributed by atoms with Gasteiger partial charge in [-0.3, -0.25) is 4.79 Å². The van der Waals surface area contributed by atoms with E-state index in [-0.39, 0.29) is 5.78 Å². The van der Waals surface area contributed by atoms with Gasteiger partial charge in [-0.2, -0.15) is 0 Å². The summed E-state index contributed by atoms with van der Waals surface area (Å²) in [7, 11) is 0. The zero-order chi connectivity index (χ0) is 11.3. The highest BCUT2D eigenvalue weighted by atomic mass is 16.1. The smallest absolute Gasteiger partial charge is 0.153 e. The maximum absolute atomic E-state index is 11.9. The summed E-state index contributed by atoms with van der Waals surface area (Å²) in [5.74, 6) is 6.52. The fourth-order valence-corrected chi connectivity index (χ4v) is 2.40. The maximum Gasteiger partial charge on any atom is 0.153 e. The molecule has 84 valence electrons. The Bertz CT molecular complexity index is 287. The Morgan fingerprint density at radius 3 is 2.93 bits per heavy atom. The quantitative estimate of drug-likeness (QED) is 0.721. The van der Waals surface area contributed by atoms with Crippen molar-refractivity contribution >= 4 is 5.78 Å². The summed E-state index contributed by atoms with van der Waals surface area (Å²) in [6.45, 7) is 3.98. The zero-order valence-corrected chi connectivity index (χ0v) is 9.81. The monoisotopic (exact) mass is 207 g/mol. The van der Waals surface area contributed by atoms with Gasteiger partial charge in [-0.05, 0) is 25.7 Å². The number of nitrogens with two attached hydrogens (primary N) is 1. The molecule has 1 aliphatic rings. The van der Waals surface area contributed by atoms with Crippen LogP contribution >= 0.6 is 0 Å². The topological polar surface area (TPSA) is 43.1 Å². The van der Waals surface area contributed by atoms with E-state index >= 15 is 0 Å². The predicted octanol–water partition coefficient (Wildman–Crippen LogP) is 2.27. The van der Waals surface area contributed by atoms with Crippen LogP contribution in [0.1, 0.15) is 52.4 Å². The molecule has 0 bridgehead atoms. The molecule has 2 nitrogen and oxygen atoms in total. The van der Waals surface area contributed by atoms with Gasteiger partial charge in [0, 0.05) is 12.8 Å². The van der Waals surface area contributed by atoms with Crippen molar-refractivity contribution in [3.05, 3.63) is 0 Å². The van der Waals surface area contributed by atoms with Crippen molar-refractivity contribution in [3.63, 3.8) is 0 Å². The van der Waals surface area contributed by atoms with Gasteiger partial charge in [0.1, 0.15) is 0 Å². The second-order valence-electron chi connectivity index (χ2n) is 4.71. The van der Waals surface area contributed by atoms with Crippen molar-refractivity contribution in [2.24, 2.45) is 11.7 Å². The molecule has 0 aromatic carbocycles. The van der Waals surface area contributed by atoms with E-state index in [4.69, 9.17) is 5.73 Å². The highest BCUT2D eigenvalue weighted by Crippen LogP contribution is 2.31. The summed E-state index contributed by atoms with van der Waals surface area (Å²) in [5, 5.41) is 0. The summed E-state index contributed by atoms with van der Waals surface area (Å²) >= 11 is 0. The maximum atomic E-state index is 11.9. The third-order valence-electron chi connectivity index (χ3n) is 3.24. The minimum atomic E-state index is -0.549. The number of ketones is 1. The summed E-state index contributed by atoms with van der Waals surface area (Å²) in [5.41, 5.74) is 5.63. The Labute approximate surface area is 92.6 Å². The molecule has 0 amide bonds. The molecule has 2 unspecified atom stereocenters. The summed E-state index contributed by atoms with van der Waals surface area (Å²) in [6, 6.07) is 0. The number of Topliss-reactive ketones (excluding diaryl/α,β-unsaturated/α-hetero) is 1. The van der Waals surface area contributed by atoms with Gasteiger partial charge >= 0.3 is 0 Å². The van der Waals surface area contributed by atoms with Crippen LogP contribution in [-0.2, 0) is 4.79 Å². The number of carbonyl (C=O) groups is 1. The molecular weight excluding hydrogens is 186 g/mol. The highest BCUT2D eigenvalue weighted by Gasteiger charge is 2.36. The third-order valence-corrected chi connectivity index (χ3v) is 3.24. The second-order valence-corrected chi connectivity index (χ2v) is 4.71. The van der Waals surface area contributed by atoms with Crippen LogP contribution in [0.15, 0.2) is 0 Å². The van der Waals surface area contributed by atoms with E-state index in [1.54, 1.807) is 6.92 Å². The van der Waals surface area contributed by atoms with Crippen LogP contribution in [0.5, 0.6) is 0 Å². The van der Waals surface area contributed by atoms with Crippen LogP contribution in [0, 0.1) is 17.8 Å². The van der Waals surface area contributed by atoms with E-state index < -0.39 is 5.54 Å². The van der Waals surface area contributed by atoms with Crippen LogP contribution in [0.25, 0.3) is 0 Å². The molecule has 2 atom stereocenters. The molecule has 0 spiro atoms. The van der Waals surface area contributed by atoms with Gasteiger partial charge in [-0.15, -0.1) is 11.8 Å². The molecule has 1 aliphatic carbocycles. The van der Waals surface area contributed by atoms with Crippen LogP contribution in [0.2, 0.25) is 0 Å². The molecule has 2 heteroatoms. The van der Waals surface area contributed by atoms with Crippen molar-refractivity contribution in [1.82, 2.24) is 0 Å². The summed E-state index contributed by atoms with van der Waals surface area (Å²) in [6.07, 6.45) is 5.18. The van der Waals surface area contributed by atoms with E-state index in [0.717, 1.165) is 19.3 Å². The van der Waals surface area contributed by atoms with Gasteiger partial charge in [0.2, 0.25) is 0 Å². The van der Waals surface area contributed by atoms with Crippen LogP contribution in [0.3, 0.4) is 0 Å². The van der Waals surface area contributed by atoms with Gasteiger partial charge in [0.15, 0.2) is 5.78 Å². The first kappa shape index (κ1) is 12.3. The molecule has 0 heterocycles. The van der Waals surface area contributed by atoms with E-state index in [0.29, 0.717) is 18.8 Å². The first-order valence-corrected chi connectivity index (χ1v) is 5.80. The molecule has 0 aromatic rings. The number of carbonyl (C=O) groups excluding carboxylic acids is 1. The molecule has 0 radical (unpaired) electrons. The summed E-state index contributed by atoms with van der Waals surface area (Å²) in [4.78, 5) is 11.9. The fraction of sp³-hybridized carbons (Fsp3) is 0.769. The predicted molar refractivity (Wildman–Crippen MR) is 62.2 cm³/mol. The average molecular weight is 207 g/mol. The number of hydrogen-bond donors (Lipinski definition) is 1. The Kier molecular flexibility index (Phi) is 4.35. The Morgan fingerprint density at radius 2 is 2.33 bits per heavy atom. The normalized spacial score (nSPS) is 30.5. The average Bonchev–Trinajstić information content (AvgIpc) is 2.17. The largest absolute Gasteiger partial charge is 0.319 e. The number of hydrogen-bond acceptors (Lipinski definition) is 2. The molecule has 15 heavy (non-hydrogen) atoms. The van der Waals surface area contributed by atoms with E-state index in [9.17, 15) is 4.79 Å². The summed E-state index contributed by atoms with van der Waals surface area (Å²) < 4.78 is 0. The van der Waals surface area contributed by atoms with Gasteiger partial charge in [0.05, 0.1) is 5.54 Å². The van der Waals surface area contributed by atoms with Crippen LogP contribution < -0.4 is 5.73 Å². The minimum Gasteiger partial charge on any atom is -0.319 e. The van der Waals surface area contributed by atoms with Gasteiger partial charge in [0.25, 0.3) is 0 Å². The van der Waals surface area contributed by atoms with E-state index in [2.05, 4.69) is 18.8 Å². The minimum absolute atomic E-state index is 0.205. The van der Waals surface area contributed by atoms with E-state index in [1.807, 2.05) is 0 Å². The van der Waals surface area contributed by atoms with Gasteiger partial charge in [-0.25, -0.2) is 0 Å². The van der Waals surface area contributed by atoms with Crippen molar-refractivity contribution in [2.45, 2.75) is 57.9 Å². The van der Waals surface area contributed by atoms with E-state index in [1.165, 1.54) is 6.42 Å². The lowest BCUT2D eigenvalue weighted by atomic mass is 9.74. The molecule has 2 N–H and O–H groups in total. The molecule has 1 rings (SSSR count). The lowest BCUT2D eigenvalue weighted by molar-refractivity contribution is -0.125. The Hall–Kier alpha value is -0.810. The lowest BCUT2D eigenvalue weighted by Gasteiger charge is -2.35. The van der Waals surface area contributed by atoms with Gasteiger partial charge in [-0.1, -0.05) is 19.8 Å². The van der Waals surface area contributed by atoms with Crippen molar-refractivity contribution in [1.29, 1.82) is 0 Å². The SMILES string of the molecule is CC#CCCC(=O)C1(N)CCCC(C)C1. The molecule has 0 saturated heterocycles. The van der Waals surface area contributed by atoms with Crippen molar-refractivity contribution in [3.8, 4) is 11.8 Å². The van der Waals surface area contributed by atoms with Crippen molar-refractivity contribution < 1.29 is 4.79 Å². The van der Waals surface area contributed by atoms with Gasteiger partial charge < -0.3 is 5.73 Å². The molecule has 1 saturated carbocycles. The number of rotatable bonds is 3. The molecular formula is C13H21NO. The molecule has 1 fully saturated rings. The Morgan fingerprint density at radius 1 is 1.60 bits per heavy atom. The molecule has 0 aliphatic heterocycles. The first-order chi connectivity index (χ1) is 7.08. The Balaban J connectivity index is 2.51. The lowest BCUT2D eigenvalue weighted by Crippen LogP contribution is -2.50. The second kappa shape index (κ2) is 5.32. The van der Waals surface area contributed by atoms with Crippen LogP contribution in [0.4, 0.5) is 0 Å². The third kappa shape index (κ3) is 3.35. The zero-order valence-electron chi connectivity index (χ0n) is 9.81. The van der Waals surface area contributed by atoms with Crippen LogP contribution in [-0.4, -0.2) is 11.3 Å². The first-order valence-electron chi connectivity index (χ1n) is 5.80. The standard InChI is InChI=1S/C13H21NO/c1-3-4-5-8-12(15)13(14)9-6-7-11(2)10-13/h11H,5-10,14H2,1-2H3. The fourth-order valence-electron chi connectivity index (χ4n) is 2.40.